The van der Waals surface area contributed by atoms with Crippen LogP contribution in [0, 0.1) is 6.92 Å². The lowest BCUT2D eigenvalue weighted by molar-refractivity contribution is -0.139. The monoisotopic (exact) mass is 417 g/mol. The molecule has 0 aromatic heterocycles. The Kier molecular flexibility index (Phi) is 6.69. The third kappa shape index (κ3) is 5.32. The molecule has 5 heteroatoms. The Hall–Kier alpha value is -1.85. The van der Waals surface area contributed by atoms with Crippen molar-refractivity contribution in [3.05, 3.63) is 64.1 Å². The van der Waals surface area contributed by atoms with Crippen LogP contribution < -0.4 is 4.74 Å². The maximum atomic E-state index is 12.5. The van der Waals surface area contributed by atoms with Gasteiger partial charge in [-0.15, -0.1) is 0 Å². The van der Waals surface area contributed by atoms with E-state index in [4.69, 9.17) is 9.47 Å². The van der Waals surface area contributed by atoms with Crippen LogP contribution in [0.2, 0.25) is 0 Å². The average Bonchev–Trinajstić information content (AvgIpc) is 2.66. The van der Waals surface area contributed by atoms with Crippen LogP contribution in [0.15, 0.2) is 53.0 Å². The molecule has 1 amide bonds. The van der Waals surface area contributed by atoms with Crippen LogP contribution in [0.25, 0.3) is 0 Å². The summed E-state index contributed by atoms with van der Waals surface area (Å²) < 4.78 is 12.6. The number of rotatable bonds is 6. The number of halogens is 1. The molecule has 0 bridgehead atoms. The average molecular weight is 418 g/mol. The van der Waals surface area contributed by atoms with Crippen molar-refractivity contribution in [1.82, 2.24) is 4.90 Å². The predicted octanol–water partition coefficient (Wildman–Crippen LogP) is 4.52. The van der Waals surface area contributed by atoms with Gasteiger partial charge in [-0.3, -0.25) is 4.79 Å². The predicted molar refractivity (Wildman–Crippen MR) is 105 cm³/mol. The van der Waals surface area contributed by atoms with E-state index in [1.165, 1.54) is 5.56 Å². The minimum absolute atomic E-state index is 0.0515. The van der Waals surface area contributed by atoms with Gasteiger partial charge in [0.05, 0.1) is 19.8 Å². The fraction of sp³-hybridized carbons (Fsp3) is 0.381. The highest BCUT2D eigenvalue weighted by Gasteiger charge is 2.25. The Morgan fingerprint density at radius 2 is 2.08 bits per heavy atom. The molecule has 3 rings (SSSR count). The van der Waals surface area contributed by atoms with E-state index in [1.807, 2.05) is 60.4 Å². The summed E-state index contributed by atoms with van der Waals surface area (Å²) in [6.45, 7) is 4.43. The van der Waals surface area contributed by atoms with Crippen molar-refractivity contribution in [2.75, 3.05) is 26.3 Å². The van der Waals surface area contributed by atoms with E-state index in [1.54, 1.807) is 0 Å². The first-order valence-corrected chi connectivity index (χ1v) is 9.75. The summed E-state index contributed by atoms with van der Waals surface area (Å²) in [4.78, 5) is 14.4. The summed E-state index contributed by atoms with van der Waals surface area (Å²) in [7, 11) is 0. The number of morpholine rings is 1. The van der Waals surface area contributed by atoms with Crippen LogP contribution in [0.5, 0.6) is 5.75 Å². The first-order valence-electron chi connectivity index (χ1n) is 8.96. The molecule has 0 N–H and O–H groups in total. The molecular weight excluding hydrogens is 394 g/mol. The van der Waals surface area contributed by atoms with Crippen LogP contribution in [0.3, 0.4) is 0 Å². The second-order valence-electron chi connectivity index (χ2n) is 6.52. The van der Waals surface area contributed by atoms with Crippen molar-refractivity contribution < 1.29 is 14.3 Å². The van der Waals surface area contributed by atoms with E-state index in [9.17, 15) is 4.79 Å². The number of aryl methyl sites for hydroxylation is 1. The first-order chi connectivity index (χ1) is 12.6. The Morgan fingerprint density at radius 3 is 2.85 bits per heavy atom. The number of amides is 1. The highest BCUT2D eigenvalue weighted by molar-refractivity contribution is 9.10. The van der Waals surface area contributed by atoms with Gasteiger partial charge in [-0.05, 0) is 48.7 Å². The van der Waals surface area contributed by atoms with Gasteiger partial charge in [0.15, 0.2) is 0 Å². The summed E-state index contributed by atoms with van der Waals surface area (Å²) in [5, 5.41) is 0. The van der Waals surface area contributed by atoms with E-state index >= 15 is 0 Å². The van der Waals surface area contributed by atoms with Crippen molar-refractivity contribution in [2.45, 2.75) is 25.9 Å². The number of ether oxygens (including phenoxy) is 2. The lowest BCUT2D eigenvalue weighted by Gasteiger charge is -2.33. The van der Waals surface area contributed by atoms with Gasteiger partial charge in [0.1, 0.15) is 11.9 Å². The smallest absolute Gasteiger partial charge is 0.222 e. The van der Waals surface area contributed by atoms with Gasteiger partial charge in [0.25, 0.3) is 0 Å². The molecule has 138 valence electrons. The maximum absolute atomic E-state index is 12.5. The van der Waals surface area contributed by atoms with Gasteiger partial charge in [-0.25, -0.2) is 0 Å². The first kappa shape index (κ1) is 18.9. The van der Waals surface area contributed by atoms with Crippen molar-refractivity contribution >= 4 is 21.8 Å². The van der Waals surface area contributed by atoms with Crippen LogP contribution in [0.1, 0.15) is 30.1 Å². The van der Waals surface area contributed by atoms with Crippen LogP contribution in [-0.2, 0) is 9.53 Å². The lowest BCUT2D eigenvalue weighted by Crippen LogP contribution is -2.42. The summed E-state index contributed by atoms with van der Waals surface area (Å²) in [5.74, 6) is 1.03. The fourth-order valence-corrected chi connectivity index (χ4v) is 3.30. The SMILES string of the molecule is Cc1cccc(OCCCC(=O)N2CCOC(c3ccc(Br)cc3)C2)c1. The van der Waals surface area contributed by atoms with Gasteiger partial charge < -0.3 is 14.4 Å². The molecule has 1 aliphatic rings. The molecule has 0 saturated carbocycles. The number of carbonyl (C=O) groups excluding carboxylic acids is 1. The van der Waals surface area contributed by atoms with Gasteiger partial charge in [0.2, 0.25) is 5.91 Å². The molecule has 1 aliphatic heterocycles. The topological polar surface area (TPSA) is 38.8 Å². The third-order valence-electron chi connectivity index (χ3n) is 4.45. The second-order valence-corrected chi connectivity index (χ2v) is 7.43. The third-order valence-corrected chi connectivity index (χ3v) is 4.98. The number of hydrogen-bond donors (Lipinski definition) is 0. The number of nitrogens with zero attached hydrogens (tertiary/aromatic N) is 1. The number of benzene rings is 2. The molecule has 1 heterocycles. The molecule has 4 nitrogen and oxygen atoms in total. The van der Waals surface area contributed by atoms with E-state index in [0.717, 1.165) is 15.8 Å². The zero-order chi connectivity index (χ0) is 18.4. The second kappa shape index (κ2) is 9.19. The number of carbonyl (C=O) groups is 1. The van der Waals surface area contributed by atoms with E-state index in [-0.39, 0.29) is 12.0 Å². The van der Waals surface area contributed by atoms with Gasteiger partial charge in [-0.2, -0.15) is 0 Å². The Balaban J connectivity index is 1.44. The largest absolute Gasteiger partial charge is 0.494 e. The molecule has 0 aliphatic carbocycles. The van der Waals surface area contributed by atoms with Crippen LogP contribution in [-0.4, -0.2) is 37.1 Å². The van der Waals surface area contributed by atoms with Crippen LogP contribution in [0.4, 0.5) is 0 Å². The molecule has 2 aromatic rings. The van der Waals surface area contributed by atoms with Gasteiger partial charge in [0, 0.05) is 17.4 Å². The molecule has 2 aromatic carbocycles. The molecule has 1 unspecified atom stereocenters. The molecule has 0 spiro atoms. The van der Waals surface area contributed by atoms with Crippen LogP contribution >= 0.6 is 15.9 Å². The molecular formula is C21H24BrNO3. The summed E-state index contributed by atoms with van der Waals surface area (Å²) in [6, 6.07) is 16.1. The van der Waals surface area contributed by atoms with Crippen molar-refractivity contribution in [1.29, 1.82) is 0 Å². The highest BCUT2D eigenvalue weighted by atomic mass is 79.9. The Morgan fingerprint density at radius 1 is 1.27 bits per heavy atom. The van der Waals surface area contributed by atoms with E-state index in [2.05, 4.69) is 15.9 Å². The fourth-order valence-electron chi connectivity index (χ4n) is 3.03. The quantitative estimate of drug-likeness (QED) is 0.648. The van der Waals surface area contributed by atoms with E-state index < -0.39 is 0 Å². The van der Waals surface area contributed by atoms with Crippen molar-refractivity contribution in [3.8, 4) is 5.75 Å². The molecule has 0 radical (unpaired) electrons. The Labute approximate surface area is 163 Å². The summed E-state index contributed by atoms with van der Waals surface area (Å²) in [5.41, 5.74) is 2.28. The van der Waals surface area contributed by atoms with Crippen molar-refractivity contribution in [3.63, 3.8) is 0 Å². The molecule has 26 heavy (non-hydrogen) atoms. The van der Waals surface area contributed by atoms with Crippen molar-refractivity contribution in [2.24, 2.45) is 0 Å². The van der Waals surface area contributed by atoms with Gasteiger partial charge in [-0.1, -0.05) is 40.2 Å². The number of hydrogen-bond acceptors (Lipinski definition) is 3. The van der Waals surface area contributed by atoms with Gasteiger partial charge >= 0.3 is 0 Å². The normalized spacial score (nSPS) is 17.2. The summed E-state index contributed by atoms with van der Waals surface area (Å²) in [6.07, 6.45) is 1.16. The molecule has 1 fully saturated rings. The standard InChI is InChI=1S/C21H24BrNO3/c1-16-4-2-5-19(14-16)25-12-3-6-21(24)23-11-13-26-20(15-23)17-7-9-18(22)10-8-17/h2,4-5,7-10,14,20H,3,6,11-13,15H2,1H3. The zero-order valence-corrected chi connectivity index (χ0v) is 16.6. The molecule has 1 saturated heterocycles. The summed E-state index contributed by atoms with van der Waals surface area (Å²) >= 11 is 3.44. The minimum atomic E-state index is -0.0515. The molecule has 1 atom stereocenters. The Bertz CT molecular complexity index is 732. The highest BCUT2D eigenvalue weighted by Crippen LogP contribution is 2.24. The zero-order valence-electron chi connectivity index (χ0n) is 15.0. The maximum Gasteiger partial charge on any atom is 0.222 e. The van der Waals surface area contributed by atoms with E-state index in [0.29, 0.717) is 39.1 Å². The minimum Gasteiger partial charge on any atom is -0.494 e. The lowest BCUT2D eigenvalue weighted by atomic mass is 10.1.